The predicted molar refractivity (Wildman–Crippen MR) is 102 cm³/mol. The Kier molecular flexibility index (Phi) is 5.21. The summed E-state index contributed by atoms with van der Waals surface area (Å²) in [7, 11) is 0. The zero-order chi connectivity index (χ0) is 19.7. The molecule has 1 amide bonds. The predicted octanol–water partition coefficient (Wildman–Crippen LogP) is 2.28. The number of ether oxygens (including phenoxy) is 3. The van der Waals surface area contributed by atoms with Crippen LogP contribution in [0.4, 0.5) is 0 Å². The quantitative estimate of drug-likeness (QED) is 0.867. The molecule has 2 aromatic rings. The fourth-order valence-corrected chi connectivity index (χ4v) is 3.98. The van der Waals surface area contributed by atoms with E-state index >= 15 is 0 Å². The van der Waals surface area contributed by atoms with Gasteiger partial charge in [0.05, 0.1) is 23.6 Å². The van der Waals surface area contributed by atoms with Gasteiger partial charge in [0.25, 0.3) is 5.91 Å². The summed E-state index contributed by atoms with van der Waals surface area (Å²) in [5, 5.41) is 11.3. The van der Waals surface area contributed by atoms with E-state index in [0.29, 0.717) is 48.6 Å². The fourth-order valence-electron chi connectivity index (χ4n) is 3.98. The Labute approximate surface area is 164 Å². The average Bonchev–Trinajstić information content (AvgIpc) is 3.06. The Bertz CT molecular complexity index is 856. The van der Waals surface area contributed by atoms with Crippen LogP contribution in [0.15, 0.2) is 18.2 Å². The van der Waals surface area contributed by atoms with Crippen molar-refractivity contribution in [1.29, 1.82) is 0 Å². The second-order valence-electron chi connectivity index (χ2n) is 7.57. The highest BCUT2D eigenvalue weighted by molar-refractivity contribution is 5.93. The van der Waals surface area contributed by atoms with E-state index < -0.39 is 0 Å². The number of hydrogen-bond donors (Lipinski definition) is 1. The molecule has 0 spiro atoms. The van der Waals surface area contributed by atoms with Crippen molar-refractivity contribution in [2.24, 2.45) is 5.92 Å². The van der Waals surface area contributed by atoms with Gasteiger partial charge in [-0.2, -0.15) is 0 Å². The summed E-state index contributed by atoms with van der Waals surface area (Å²) >= 11 is 0. The summed E-state index contributed by atoms with van der Waals surface area (Å²) in [6, 6.07) is 5.57. The van der Waals surface area contributed by atoms with Crippen molar-refractivity contribution < 1.29 is 19.0 Å². The molecule has 28 heavy (non-hydrogen) atoms. The van der Waals surface area contributed by atoms with Crippen molar-refractivity contribution >= 4 is 5.91 Å². The zero-order valence-electron chi connectivity index (χ0n) is 16.5. The number of fused-ring (bicyclic) bond motifs is 1. The van der Waals surface area contributed by atoms with Gasteiger partial charge in [0.2, 0.25) is 0 Å². The van der Waals surface area contributed by atoms with Gasteiger partial charge in [-0.05, 0) is 51.7 Å². The van der Waals surface area contributed by atoms with E-state index in [1.54, 1.807) is 4.68 Å². The van der Waals surface area contributed by atoms with Gasteiger partial charge in [0, 0.05) is 12.6 Å². The monoisotopic (exact) mass is 386 g/mol. The summed E-state index contributed by atoms with van der Waals surface area (Å²) in [6.07, 6.45) is 2.35. The number of rotatable bonds is 4. The van der Waals surface area contributed by atoms with Crippen LogP contribution in [0, 0.1) is 12.8 Å². The SMILES string of the molecule is Cc1c(C(=O)NCC2CC(C)OC(C)C2)nnn1-c1ccc2c(c1)OCCO2. The van der Waals surface area contributed by atoms with Crippen LogP contribution in [-0.2, 0) is 4.74 Å². The third kappa shape index (κ3) is 3.82. The molecule has 0 saturated carbocycles. The van der Waals surface area contributed by atoms with E-state index in [2.05, 4.69) is 29.5 Å². The molecule has 2 atom stereocenters. The summed E-state index contributed by atoms with van der Waals surface area (Å²) in [4.78, 5) is 12.6. The van der Waals surface area contributed by atoms with Crippen molar-refractivity contribution in [1.82, 2.24) is 20.3 Å². The molecule has 8 nitrogen and oxygen atoms in total. The highest BCUT2D eigenvalue weighted by Crippen LogP contribution is 2.32. The molecule has 8 heteroatoms. The van der Waals surface area contributed by atoms with E-state index in [1.165, 1.54) is 0 Å². The van der Waals surface area contributed by atoms with E-state index in [4.69, 9.17) is 14.2 Å². The smallest absolute Gasteiger partial charge is 0.273 e. The maximum Gasteiger partial charge on any atom is 0.273 e. The standard InChI is InChI=1S/C20H26N4O4/c1-12-8-15(9-13(2)28-12)11-21-20(25)19-14(3)24(23-22-19)16-4-5-17-18(10-16)27-7-6-26-17/h4-5,10,12-13,15H,6-9,11H2,1-3H3,(H,21,25). The fraction of sp³-hybridized carbons (Fsp3) is 0.550. The third-order valence-corrected chi connectivity index (χ3v) is 5.23. The highest BCUT2D eigenvalue weighted by atomic mass is 16.6. The first-order valence-corrected chi connectivity index (χ1v) is 9.77. The van der Waals surface area contributed by atoms with Crippen LogP contribution in [0.25, 0.3) is 5.69 Å². The summed E-state index contributed by atoms with van der Waals surface area (Å²) in [5.74, 6) is 1.60. The molecule has 1 aromatic carbocycles. The first kappa shape index (κ1) is 18.7. The molecule has 150 valence electrons. The van der Waals surface area contributed by atoms with Crippen LogP contribution in [0.3, 0.4) is 0 Å². The number of carbonyl (C=O) groups is 1. The average molecular weight is 386 g/mol. The Morgan fingerprint density at radius 2 is 1.89 bits per heavy atom. The Balaban J connectivity index is 1.45. The Hall–Kier alpha value is -2.61. The molecule has 0 radical (unpaired) electrons. The molecule has 4 rings (SSSR count). The molecule has 3 heterocycles. The summed E-state index contributed by atoms with van der Waals surface area (Å²) < 4.78 is 18.6. The number of nitrogens with one attached hydrogen (secondary N) is 1. The molecule has 2 unspecified atom stereocenters. The van der Waals surface area contributed by atoms with Crippen molar-refractivity contribution in [3.05, 3.63) is 29.6 Å². The van der Waals surface area contributed by atoms with E-state index in [0.717, 1.165) is 18.5 Å². The minimum atomic E-state index is -0.201. The first-order chi connectivity index (χ1) is 13.5. The molecule has 1 fully saturated rings. The molecule has 2 aliphatic heterocycles. The van der Waals surface area contributed by atoms with Crippen LogP contribution in [0.1, 0.15) is 42.9 Å². The summed E-state index contributed by atoms with van der Waals surface area (Å²) in [6.45, 7) is 7.67. The highest BCUT2D eigenvalue weighted by Gasteiger charge is 2.26. The number of carbonyl (C=O) groups excluding carboxylic acids is 1. The van der Waals surface area contributed by atoms with Gasteiger partial charge in [-0.25, -0.2) is 4.68 Å². The summed E-state index contributed by atoms with van der Waals surface area (Å²) in [5.41, 5.74) is 1.80. The van der Waals surface area contributed by atoms with Gasteiger partial charge >= 0.3 is 0 Å². The number of benzene rings is 1. The lowest BCUT2D eigenvalue weighted by Gasteiger charge is -2.32. The molecule has 0 aliphatic carbocycles. The number of amides is 1. The van der Waals surface area contributed by atoms with Crippen molar-refractivity contribution in [3.8, 4) is 17.2 Å². The van der Waals surface area contributed by atoms with Gasteiger partial charge in [-0.15, -0.1) is 5.10 Å². The van der Waals surface area contributed by atoms with Gasteiger partial charge in [0.1, 0.15) is 13.2 Å². The van der Waals surface area contributed by atoms with Gasteiger partial charge in [-0.1, -0.05) is 5.21 Å². The topological polar surface area (TPSA) is 87.5 Å². The minimum absolute atomic E-state index is 0.201. The molecular formula is C20H26N4O4. The van der Waals surface area contributed by atoms with E-state index in [1.807, 2.05) is 25.1 Å². The van der Waals surface area contributed by atoms with Crippen molar-refractivity contribution in [2.75, 3.05) is 19.8 Å². The lowest BCUT2D eigenvalue weighted by Crippen LogP contribution is -2.37. The van der Waals surface area contributed by atoms with Crippen LogP contribution in [0.5, 0.6) is 11.5 Å². The third-order valence-electron chi connectivity index (χ3n) is 5.23. The lowest BCUT2D eigenvalue weighted by molar-refractivity contribution is -0.0513. The second kappa shape index (κ2) is 7.79. The van der Waals surface area contributed by atoms with Crippen LogP contribution >= 0.6 is 0 Å². The van der Waals surface area contributed by atoms with Crippen LogP contribution in [0.2, 0.25) is 0 Å². The first-order valence-electron chi connectivity index (χ1n) is 9.77. The van der Waals surface area contributed by atoms with Crippen molar-refractivity contribution in [3.63, 3.8) is 0 Å². The van der Waals surface area contributed by atoms with Gasteiger partial charge in [-0.3, -0.25) is 4.79 Å². The molecule has 0 bridgehead atoms. The number of nitrogens with zero attached hydrogens (tertiary/aromatic N) is 3. The van der Waals surface area contributed by atoms with Gasteiger partial charge < -0.3 is 19.5 Å². The Morgan fingerprint density at radius 1 is 1.18 bits per heavy atom. The number of aromatic nitrogens is 3. The molecular weight excluding hydrogens is 360 g/mol. The van der Waals surface area contributed by atoms with Gasteiger partial charge in [0.15, 0.2) is 17.2 Å². The largest absolute Gasteiger partial charge is 0.486 e. The lowest BCUT2D eigenvalue weighted by atomic mass is 9.92. The second-order valence-corrected chi connectivity index (χ2v) is 7.57. The normalized spacial score (nSPS) is 24.0. The molecule has 1 N–H and O–H groups in total. The minimum Gasteiger partial charge on any atom is -0.486 e. The van der Waals surface area contributed by atoms with Crippen molar-refractivity contribution in [2.45, 2.75) is 45.8 Å². The number of hydrogen-bond acceptors (Lipinski definition) is 6. The molecule has 1 saturated heterocycles. The zero-order valence-corrected chi connectivity index (χ0v) is 16.5. The molecule has 1 aromatic heterocycles. The van der Waals surface area contributed by atoms with E-state index in [-0.39, 0.29) is 18.1 Å². The maximum atomic E-state index is 12.6. The maximum absolute atomic E-state index is 12.6. The van der Waals surface area contributed by atoms with E-state index in [9.17, 15) is 4.79 Å². The Morgan fingerprint density at radius 3 is 2.64 bits per heavy atom. The van der Waals surface area contributed by atoms with Crippen LogP contribution in [-0.4, -0.2) is 52.9 Å². The van der Waals surface area contributed by atoms with Crippen LogP contribution < -0.4 is 14.8 Å². The molecule has 2 aliphatic rings.